The van der Waals surface area contributed by atoms with Gasteiger partial charge >= 0.3 is 6.18 Å². The number of amides is 1. The molecule has 0 radical (unpaired) electrons. The summed E-state index contributed by atoms with van der Waals surface area (Å²) in [5.74, 6) is -0.0999. The number of carbonyl (C=O) groups excluding carboxylic acids is 1. The second-order valence-electron chi connectivity index (χ2n) is 5.36. The Balaban J connectivity index is 2.10. The zero-order valence-corrected chi connectivity index (χ0v) is 14.2. The third-order valence-electron chi connectivity index (χ3n) is 3.48. The normalized spacial score (nSPS) is 11.9. The lowest BCUT2D eigenvalue weighted by Crippen LogP contribution is -2.14. The molecule has 2 rings (SSSR count). The largest absolute Gasteiger partial charge is 0.497 e. The Morgan fingerprint density at radius 2 is 1.89 bits per heavy atom. The molecule has 0 aromatic heterocycles. The van der Waals surface area contributed by atoms with Crippen molar-refractivity contribution in [3.05, 3.63) is 77.4 Å². The average molecular weight is 372 g/mol. The number of benzene rings is 2. The van der Waals surface area contributed by atoms with Gasteiger partial charge in [0, 0.05) is 5.69 Å². The first-order valence-electron chi connectivity index (χ1n) is 7.74. The van der Waals surface area contributed by atoms with Crippen LogP contribution < -0.4 is 10.1 Å². The van der Waals surface area contributed by atoms with E-state index in [4.69, 9.17) is 10.00 Å². The van der Waals surface area contributed by atoms with Crippen molar-refractivity contribution >= 4 is 17.7 Å². The van der Waals surface area contributed by atoms with E-state index in [0.29, 0.717) is 5.75 Å². The van der Waals surface area contributed by atoms with Crippen molar-refractivity contribution in [3.8, 4) is 11.8 Å². The molecule has 1 amide bonds. The first-order chi connectivity index (χ1) is 12.8. The van der Waals surface area contributed by atoms with E-state index in [9.17, 15) is 18.0 Å². The molecule has 0 aliphatic rings. The summed E-state index contributed by atoms with van der Waals surface area (Å²) in [6.07, 6.45) is -0.0523. The van der Waals surface area contributed by atoms with E-state index < -0.39 is 17.6 Å². The minimum atomic E-state index is -4.52. The van der Waals surface area contributed by atoms with Gasteiger partial charge in [0.2, 0.25) is 0 Å². The molecule has 4 nitrogen and oxygen atoms in total. The Morgan fingerprint density at radius 1 is 1.19 bits per heavy atom. The van der Waals surface area contributed by atoms with Crippen molar-refractivity contribution in [1.82, 2.24) is 0 Å². The number of nitriles is 1. The lowest BCUT2D eigenvalue weighted by atomic mass is 10.1. The van der Waals surface area contributed by atoms with Crippen LogP contribution in [-0.2, 0) is 11.0 Å². The smallest absolute Gasteiger partial charge is 0.416 e. The van der Waals surface area contributed by atoms with E-state index in [1.54, 1.807) is 43.5 Å². The fourth-order valence-corrected chi connectivity index (χ4v) is 2.11. The molecule has 0 aliphatic heterocycles. The van der Waals surface area contributed by atoms with Gasteiger partial charge in [-0.25, -0.2) is 0 Å². The number of halogens is 3. The van der Waals surface area contributed by atoms with E-state index >= 15 is 0 Å². The predicted octanol–water partition coefficient (Wildman–Crippen LogP) is 4.82. The minimum Gasteiger partial charge on any atom is -0.497 e. The van der Waals surface area contributed by atoms with Gasteiger partial charge in [0.25, 0.3) is 5.91 Å². The van der Waals surface area contributed by atoms with Gasteiger partial charge in [0.05, 0.1) is 12.7 Å². The first-order valence-corrected chi connectivity index (χ1v) is 7.74. The van der Waals surface area contributed by atoms with Crippen molar-refractivity contribution < 1.29 is 22.7 Å². The predicted molar refractivity (Wildman–Crippen MR) is 95.8 cm³/mol. The van der Waals surface area contributed by atoms with Gasteiger partial charge in [-0.1, -0.05) is 30.4 Å². The van der Waals surface area contributed by atoms with Crippen molar-refractivity contribution in [1.29, 1.82) is 5.26 Å². The topological polar surface area (TPSA) is 62.1 Å². The summed E-state index contributed by atoms with van der Waals surface area (Å²) in [6.45, 7) is 0. The van der Waals surface area contributed by atoms with Crippen molar-refractivity contribution in [3.63, 3.8) is 0 Å². The number of ether oxygens (including phenoxy) is 1. The van der Waals surface area contributed by atoms with E-state index in [2.05, 4.69) is 5.32 Å². The molecular weight excluding hydrogens is 357 g/mol. The molecule has 2 aromatic carbocycles. The Bertz CT molecular complexity index is 908. The highest BCUT2D eigenvalue weighted by Crippen LogP contribution is 2.30. The summed E-state index contributed by atoms with van der Waals surface area (Å²) in [5, 5.41) is 11.4. The summed E-state index contributed by atoms with van der Waals surface area (Å²) in [5.41, 5.74) is -0.350. The molecule has 2 aromatic rings. The van der Waals surface area contributed by atoms with Crippen LogP contribution in [0.15, 0.2) is 66.3 Å². The Labute approximate surface area is 154 Å². The number of hydrogen-bond donors (Lipinski definition) is 1. The highest BCUT2D eigenvalue weighted by atomic mass is 19.4. The Kier molecular flexibility index (Phi) is 6.39. The summed E-state index contributed by atoms with van der Waals surface area (Å²) >= 11 is 0. The number of methoxy groups -OCH3 is 1. The molecular formula is C20H15F3N2O2. The average Bonchev–Trinajstić information content (AvgIpc) is 2.65. The van der Waals surface area contributed by atoms with Gasteiger partial charge < -0.3 is 10.1 Å². The number of rotatable bonds is 5. The molecule has 7 heteroatoms. The van der Waals surface area contributed by atoms with Crippen LogP contribution in [0, 0.1) is 11.3 Å². The van der Waals surface area contributed by atoms with Crippen LogP contribution in [0.25, 0.3) is 6.08 Å². The van der Waals surface area contributed by atoms with Gasteiger partial charge in [-0.2, -0.15) is 18.4 Å². The number of nitrogens with zero attached hydrogens (tertiary/aromatic N) is 1. The van der Waals surface area contributed by atoms with Gasteiger partial charge in [0.1, 0.15) is 17.4 Å². The maximum absolute atomic E-state index is 12.7. The van der Waals surface area contributed by atoms with E-state index in [-0.39, 0.29) is 11.3 Å². The molecule has 0 fully saturated rings. The lowest BCUT2D eigenvalue weighted by Gasteiger charge is -2.09. The van der Waals surface area contributed by atoms with Crippen molar-refractivity contribution in [2.45, 2.75) is 6.18 Å². The molecule has 0 heterocycles. The van der Waals surface area contributed by atoms with Crippen LogP contribution in [0.3, 0.4) is 0 Å². The Hall–Kier alpha value is -3.53. The van der Waals surface area contributed by atoms with Crippen molar-refractivity contribution in [2.24, 2.45) is 0 Å². The van der Waals surface area contributed by atoms with Crippen LogP contribution in [0.1, 0.15) is 11.1 Å². The van der Waals surface area contributed by atoms with Crippen LogP contribution in [0.4, 0.5) is 18.9 Å². The number of allylic oxidation sites excluding steroid dienone is 2. The second-order valence-corrected chi connectivity index (χ2v) is 5.36. The van der Waals surface area contributed by atoms with Crippen molar-refractivity contribution in [2.75, 3.05) is 12.4 Å². The highest BCUT2D eigenvalue weighted by Gasteiger charge is 2.30. The summed E-state index contributed by atoms with van der Waals surface area (Å²) in [6, 6.07) is 13.0. The van der Waals surface area contributed by atoms with Gasteiger partial charge in [-0.05, 0) is 42.0 Å². The quantitative estimate of drug-likeness (QED) is 0.465. The molecule has 0 saturated heterocycles. The fourth-order valence-electron chi connectivity index (χ4n) is 2.11. The number of carbonyl (C=O) groups is 1. The number of alkyl halides is 3. The van der Waals surface area contributed by atoms with Crippen LogP contribution in [0.5, 0.6) is 5.75 Å². The molecule has 0 bridgehead atoms. The first kappa shape index (κ1) is 19.8. The van der Waals surface area contributed by atoms with Gasteiger partial charge in [0.15, 0.2) is 0 Å². The van der Waals surface area contributed by atoms with Crippen LogP contribution in [-0.4, -0.2) is 13.0 Å². The zero-order valence-electron chi connectivity index (χ0n) is 14.2. The molecule has 0 atom stereocenters. The zero-order chi connectivity index (χ0) is 19.9. The van der Waals surface area contributed by atoms with E-state index in [0.717, 1.165) is 17.7 Å². The molecule has 0 saturated carbocycles. The maximum atomic E-state index is 12.7. The molecule has 0 spiro atoms. The van der Waals surface area contributed by atoms with Crippen LogP contribution >= 0.6 is 0 Å². The number of nitrogens with one attached hydrogen (secondary N) is 1. The second kappa shape index (κ2) is 8.72. The molecule has 0 aliphatic carbocycles. The molecule has 0 unspecified atom stereocenters. The fraction of sp³-hybridized carbons (Fsp3) is 0.100. The number of anilines is 1. The third kappa shape index (κ3) is 5.75. The van der Waals surface area contributed by atoms with Gasteiger partial charge in [-0.15, -0.1) is 0 Å². The standard InChI is InChI=1S/C20H15F3N2O2/c1-27-18-10-8-14(9-11-18)4-2-5-15(13-24)19(26)25-17-7-3-6-16(12-17)20(21,22)23/h2-12H,1H3,(H,25,26)/b4-2+,15-5-. The SMILES string of the molecule is COc1ccc(/C=C/C=C(/C#N)C(=O)Nc2cccc(C(F)(F)F)c2)cc1. The molecule has 1 N–H and O–H groups in total. The summed E-state index contributed by atoms with van der Waals surface area (Å²) in [4.78, 5) is 12.1. The molecule has 27 heavy (non-hydrogen) atoms. The highest BCUT2D eigenvalue weighted by molar-refractivity contribution is 6.06. The summed E-state index contributed by atoms with van der Waals surface area (Å²) in [7, 11) is 1.55. The van der Waals surface area contributed by atoms with E-state index in [1.807, 2.05) is 0 Å². The third-order valence-corrected chi connectivity index (χ3v) is 3.48. The minimum absolute atomic E-state index is 0.0462. The maximum Gasteiger partial charge on any atom is 0.416 e. The van der Waals surface area contributed by atoms with Crippen LogP contribution in [0.2, 0.25) is 0 Å². The lowest BCUT2D eigenvalue weighted by molar-refractivity contribution is -0.137. The summed E-state index contributed by atoms with van der Waals surface area (Å²) < 4.78 is 43.2. The number of hydrogen-bond acceptors (Lipinski definition) is 3. The van der Waals surface area contributed by atoms with Gasteiger partial charge in [-0.3, -0.25) is 4.79 Å². The van der Waals surface area contributed by atoms with E-state index in [1.165, 1.54) is 24.3 Å². The molecule has 138 valence electrons. The monoisotopic (exact) mass is 372 g/mol. The Morgan fingerprint density at radius 3 is 2.48 bits per heavy atom.